The lowest BCUT2D eigenvalue weighted by atomic mass is 10.0. The third-order valence-corrected chi connectivity index (χ3v) is 3.69. The van der Waals surface area contributed by atoms with Crippen molar-refractivity contribution in [2.45, 2.75) is 12.3 Å². The highest BCUT2D eigenvalue weighted by molar-refractivity contribution is 9.10. The highest BCUT2D eigenvalue weighted by Gasteiger charge is 2.19. The summed E-state index contributed by atoms with van der Waals surface area (Å²) in [6, 6.07) is 12.1. The molecule has 0 N–H and O–H groups in total. The molecule has 1 atom stereocenters. The molecule has 0 saturated heterocycles. The maximum atomic E-state index is 13.8. The van der Waals surface area contributed by atoms with E-state index in [0.717, 1.165) is 10.0 Å². The summed E-state index contributed by atoms with van der Waals surface area (Å²) in [6.45, 7) is 2.44. The Balaban J connectivity index is 2.45. The largest absolute Gasteiger partial charge is 0.494 e. The molecule has 0 heterocycles. The first kappa shape index (κ1) is 14.4. The van der Waals surface area contributed by atoms with Crippen molar-refractivity contribution >= 4 is 27.5 Å². The fraction of sp³-hybridized carbons (Fsp3) is 0.200. The average molecular weight is 344 g/mol. The second-order valence-electron chi connectivity index (χ2n) is 4.00. The number of hydrogen-bond acceptors (Lipinski definition) is 1. The van der Waals surface area contributed by atoms with E-state index in [0.29, 0.717) is 17.9 Å². The Morgan fingerprint density at radius 1 is 1.21 bits per heavy atom. The zero-order valence-electron chi connectivity index (χ0n) is 10.4. The van der Waals surface area contributed by atoms with Crippen molar-refractivity contribution in [3.05, 3.63) is 63.9 Å². The molecule has 0 aromatic heterocycles. The van der Waals surface area contributed by atoms with E-state index < -0.39 is 5.38 Å². The standard InChI is InChI=1S/C15H13BrClFO/c1-2-19-14-8-7-10(16)9-12(14)15(17)11-5-3-4-6-13(11)18/h3-9,15H,2H2,1H3. The highest BCUT2D eigenvalue weighted by Crippen LogP contribution is 2.37. The molecule has 2 aromatic rings. The van der Waals surface area contributed by atoms with Crippen molar-refractivity contribution < 1.29 is 9.13 Å². The van der Waals surface area contributed by atoms with Crippen LogP contribution in [-0.2, 0) is 0 Å². The van der Waals surface area contributed by atoms with Gasteiger partial charge in [-0.15, -0.1) is 11.6 Å². The quantitative estimate of drug-likeness (QED) is 0.683. The molecule has 1 nitrogen and oxygen atoms in total. The van der Waals surface area contributed by atoms with E-state index in [4.69, 9.17) is 16.3 Å². The normalized spacial score (nSPS) is 12.2. The van der Waals surface area contributed by atoms with Gasteiger partial charge in [-0.2, -0.15) is 0 Å². The Bertz CT molecular complexity index is 574. The van der Waals surface area contributed by atoms with Crippen LogP contribution in [0.2, 0.25) is 0 Å². The Morgan fingerprint density at radius 3 is 2.63 bits per heavy atom. The third-order valence-electron chi connectivity index (χ3n) is 2.72. The lowest BCUT2D eigenvalue weighted by Gasteiger charge is -2.16. The summed E-state index contributed by atoms with van der Waals surface area (Å²) < 4.78 is 20.2. The number of halogens is 3. The Hall–Kier alpha value is -1.06. The van der Waals surface area contributed by atoms with Crippen LogP contribution in [0.15, 0.2) is 46.9 Å². The summed E-state index contributed by atoms with van der Waals surface area (Å²) in [4.78, 5) is 0. The SMILES string of the molecule is CCOc1ccc(Br)cc1C(Cl)c1ccccc1F. The van der Waals surface area contributed by atoms with E-state index in [1.807, 2.05) is 25.1 Å². The van der Waals surface area contributed by atoms with Crippen molar-refractivity contribution in [2.24, 2.45) is 0 Å². The molecule has 0 aliphatic carbocycles. The second-order valence-corrected chi connectivity index (χ2v) is 5.35. The minimum absolute atomic E-state index is 0.315. The Labute approximate surface area is 125 Å². The Morgan fingerprint density at radius 2 is 1.95 bits per heavy atom. The molecule has 2 aromatic carbocycles. The smallest absolute Gasteiger partial charge is 0.128 e. The van der Waals surface area contributed by atoms with Gasteiger partial charge in [-0.3, -0.25) is 0 Å². The van der Waals surface area contributed by atoms with Crippen LogP contribution in [0, 0.1) is 5.82 Å². The van der Waals surface area contributed by atoms with Crippen LogP contribution >= 0.6 is 27.5 Å². The predicted molar refractivity (Wildman–Crippen MR) is 79.4 cm³/mol. The minimum atomic E-state index is -0.583. The fourth-order valence-electron chi connectivity index (χ4n) is 1.85. The predicted octanol–water partition coefficient (Wildman–Crippen LogP) is 5.32. The van der Waals surface area contributed by atoms with Crippen molar-refractivity contribution in [3.63, 3.8) is 0 Å². The van der Waals surface area contributed by atoms with E-state index in [1.165, 1.54) is 6.07 Å². The van der Waals surface area contributed by atoms with E-state index in [2.05, 4.69) is 15.9 Å². The molecule has 0 bridgehead atoms. The summed E-state index contributed by atoms with van der Waals surface area (Å²) in [5, 5.41) is -0.583. The van der Waals surface area contributed by atoms with E-state index in [-0.39, 0.29) is 5.82 Å². The monoisotopic (exact) mass is 342 g/mol. The molecular formula is C15H13BrClFO. The molecule has 4 heteroatoms. The number of benzene rings is 2. The molecule has 0 fully saturated rings. The highest BCUT2D eigenvalue weighted by atomic mass is 79.9. The second kappa shape index (κ2) is 6.40. The van der Waals surface area contributed by atoms with Gasteiger partial charge < -0.3 is 4.74 Å². The van der Waals surface area contributed by atoms with Gasteiger partial charge >= 0.3 is 0 Å². The van der Waals surface area contributed by atoms with Crippen LogP contribution in [0.1, 0.15) is 23.4 Å². The average Bonchev–Trinajstić information content (AvgIpc) is 2.41. The van der Waals surface area contributed by atoms with Gasteiger partial charge in [0, 0.05) is 15.6 Å². The van der Waals surface area contributed by atoms with Crippen molar-refractivity contribution in [3.8, 4) is 5.75 Å². The summed E-state index contributed by atoms with van der Waals surface area (Å²) in [7, 11) is 0. The minimum Gasteiger partial charge on any atom is -0.494 e. The van der Waals surface area contributed by atoms with Crippen molar-refractivity contribution in [1.82, 2.24) is 0 Å². The van der Waals surface area contributed by atoms with E-state index in [9.17, 15) is 4.39 Å². The van der Waals surface area contributed by atoms with Gasteiger partial charge in [-0.05, 0) is 31.2 Å². The summed E-state index contributed by atoms with van der Waals surface area (Å²) >= 11 is 9.81. The van der Waals surface area contributed by atoms with Crippen LogP contribution in [0.3, 0.4) is 0 Å². The van der Waals surface area contributed by atoms with Crippen molar-refractivity contribution in [1.29, 1.82) is 0 Å². The summed E-state index contributed by atoms with van der Waals surface area (Å²) in [5.41, 5.74) is 1.20. The lowest BCUT2D eigenvalue weighted by molar-refractivity contribution is 0.336. The molecule has 1 unspecified atom stereocenters. The molecule has 2 rings (SSSR count). The van der Waals surface area contributed by atoms with Gasteiger partial charge in [-0.25, -0.2) is 4.39 Å². The first-order chi connectivity index (χ1) is 9.13. The molecule has 0 saturated carbocycles. The summed E-state index contributed by atoms with van der Waals surface area (Å²) in [6.07, 6.45) is 0. The van der Waals surface area contributed by atoms with Gasteiger partial charge in [0.1, 0.15) is 11.6 Å². The maximum Gasteiger partial charge on any atom is 0.128 e. The zero-order chi connectivity index (χ0) is 13.8. The number of hydrogen-bond donors (Lipinski definition) is 0. The molecule has 0 aliphatic heterocycles. The fourth-order valence-corrected chi connectivity index (χ4v) is 2.58. The zero-order valence-corrected chi connectivity index (χ0v) is 12.7. The van der Waals surface area contributed by atoms with E-state index in [1.54, 1.807) is 18.2 Å². The maximum absolute atomic E-state index is 13.8. The lowest BCUT2D eigenvalue weighted by Crippen LogP contribution is -2.02. The molecule has 100 valence electrons. The van der Waals surface area contributed by atoms with Gasteiger partial charge in [0.05, 0.1) is 12.0 Å². The van der Waals surface area contributed by atoms with Gasteiger partial charge in [-0.1, -0.05) is 34.1 Å². The van der Waals surface area contributed by atoms with Crippen LogP contribution in [0.4, 0.5) is 4.39 Å². The molecule has 0 spiro atoms. The molecule has 0 aliphatic rings. The molecular weight excluding hydrogens is 331 g/mol. The molecule has 0 amide bonds. The van der Waals surface area contributed by atoms with Crippen LogP contribution in [0.25, 0.3) is 0 Å². The van der Waals surface area contributed by atoms with Crippen LogP contribution in [-0.4, -0.2) is 6.61 Å². The summed E-state index contributed by atoms with van der Waals surface area (Å²) in [5.74, 6) is 0.360. The third kappa shape index (κ3) is 3.28. The van der Waals surface area contributed by atoms with Gasteiger partial charge in [0.2, 0.25) is 0 Å². The Kier molecular flexibility index (Phi) is 4.83. The van der Waals surface area contributed by atoms with Gasteiger partial charge in [0.25, 0.3) is 0 Å². The molecule has 19 heavy (non-hydrogen) atoms. The number of alkyl halides is 1. The topological polar surface area (TPSA) is 9.23 Å². The van der Waals surface area contributed by atoms with Gasteiger partial charge in [0.15, 0.2) is 0 Å². The first-order valence-electron chi connectivity index (χ1n) is 5.94. The van der Waals surface area contributed by atoms with E-state index >= 15 is 0 Å². The van der Waals surface area contributed by atoms with Crippen LogP contribution in [0.5, 0.6) is 5.75 Å². The number of ether oxygens (including phenoxy) is 1. The van der Waals surface area contributed by atoms with Crippen LogP contribution < -0.4 is 4.74 Å². The van der Waals surface area contributed by atoms with Crippen molar-refractivity contribution in [2.75, 3.05) is 6.61 Å². The number of rotatable bonds is 4. The molecule has 0 radical (unpaired) electrons. The first-order valence-corrected chi connectivity index (χ1v) is 7.17.